The Morgan fingerprint density at radius 2 is 2.12 bits per heavy atom. The van der Waals surface area contributed by atoms with E-state index in [4.69, 9.17) is 5.73 Å². The van der Waals surface area contributed by atoms with E-state index in [1.54, 1.807) is 19.1 Å². The average Bonchev–Trinajstić information content (AvgIpc) is 3.40. The number of anilines is 2. The number of nitrogens with two attached hydrogens (primary N) is 1. The van der Waals surface area contributed by atoms with Crippen molar-refractivity contribution in [3.05, 3.63) is 41.6 Å². The van der Waals surface area contributed by atoms with E-state index in [0.29, 0.717) is 29.9 Å². The molecule has 10 heteroatoms. The number of nitrogens with one attached hydrogen (secondary N) is 2. The van der Waals surface area contributed by atoms with Gasteiger partial charge in [-0.2, -0.15) is 0 Å². The number of nitrogens with zero attached hydrogens (tertiary/aromatic N) is 3. The zero-order valence-corrected chi connectivity index (χ0v) is 14.4. The van der Waals surface area contributed by atoms with Crippen LogP contribution in [0.2, 0.25) is 0 Å². The number of hydrogen-bond donors (Lipinski definition) is 3. The molecule has 4 N–H and O–H groups in total. The molecule has 0 unspecified atom stereocenters. The van der Waals surface area contributed by atoms with E-state index in [2.05, 4.69) is 25.0 Å². The quantitative estimate of drug-likeness (QED) is 0.683. The van der Waals surface area contributed by atoms with Gasteiger partial charge in [-0.1, -0.05) is 0 Å². The van der Waals surface area contributed by atoms with E-state index < -0.39 is 15.9 Å². The van der Waals surface area contributed by atoms with Crippen LogP contribution in [0.3, 0.4) is 0 Å². The Morgan fingerprint density at radius 3 is 2.80 bits per heavy atom. The van der Waals surface area contributed by atoms with Gasteiger partial charge in [0.05, 0.1) is 35.1 Å². The molecule has 25 heavy (non-hydrogen) atoms. The smallest absolute Gasteiger partial charge is 0.271 e. The summed E-state index contributed by atoms with van der Waals surface area (Å²) in [4.78, 5) is 24.2. The van der Waals surface area contributed by atoms with Gasteiger partial charge in [0, 0.05) is 6.20 Å². The lowest BCUT2D eigenvalue weighted by Crippen LogP contribution is -2.25. The summed E-state index contributed by atoms with van der Waals surface area (Å²) >= 11 is 0. The number of pyridine rings is 1. The molecule has 1 fully saturated rings. The molecule has 3 rings (SSSR count). The van der Waals surface area contributed by atoms with Crippen molar-refractivity contribution in [1.29, 1.82) is 0 Å². The van der Waals surface area contributed by atoms with E-state index in [1.807, 2.05) is 0 Å². The van der Waals surface area contributed by atoms with E-state index in [0.717, 1.165) is 0 Å². The molecule has 0 aliphatic heterocycles. The molecule has 0 spiro atoms. The molecule has 1 amide bonds. The molecule has 1 saturated carbocycles. The Balaban J connectivity index is 1.64. The minimum Gasteiger partial charge on any atom is -0.382 e. The monoisotopic (exact) mass is 362 g/mol. The lowest BCUT2D eigenvalue weighted by atomic mass is 10.3. The number of carbonyl (C=O) groups excluding carboxylic acids is 1. The third kappa shape index (κ3) is 4.21. The number of aromatic nitrogens is 3. The van der Waals surface area contributed by atoms with Gasteiger partial charge in [0.15, 0.2) is 0 Å². The minimum atomic E-state index is -3.34. The zero-order chi connectivity index (χ0) is 18.0. The number of hydrogen-bond acceptors (Lipinski definition) is 7. The highest BCUT2D eigenvalue weighted by molar-refractivity contribution is 7.93. The van der Waals surface area contributed by atoms with Gasteiger partial charge >= 0.3 is 0 Å². The molecule has 2 aromatic heterocycles. The van der Waals surface area contributed by atoms with Crippen molar-refractivity contribution in [3.8, 4) is 0 Å². The Kier molecular flexibility index (Phi) is 4.53. The second kappa shape index (κ2) is 6.63. The van der Waals surface area contributed by atoms with Crippen LogP contribution in [0, 0.1) is 6.92 Å². The molecule has 9 nitrogen and oxygen atoms in total. The van der Waals surface area contributed by atoms with Crippen molar-refractivity contribution in [1.82, 2.24) is 20.3 Å². The molecule has 0 radical (unpaired) electrons. The van der Waals surface area contributed by atoms with Crippen molar-refractivity contribution in [2.24, 2.45) is 0 Å². The third-order valence-electron chi connectivity index (χ3n) is 3.69. The van der Waals surface area contributed by atoms with Gasteiger partial charge in [0.1, 0.15) is 11.5 Å². The van der Waals surface area contributed by atoms with Crippen LogP contribution in [-0.4, -0.2) is 34.5 Å². The van der Waals surface area contributed by atoms with Gasteiger partial charge in [-0.25, -0.2) is 18.4 Å². The molecule has 0 bridgehead atoms. The Hall–Kier alpha value is -2.75. The Bertz CT molecular complexity index is 911. The number of nitrogen functional groups attached to an aromatic ring is 1. The van der Waals surface area contributed by atoms with Crippen LogP contribution in [-0.2, 0) is 16.6 Å². The normalized spacial score (nSPS) is 14.1. The summed E-state index contributed by atoms with van der Waals surface area (Å²) in [6.07, 6.45) is 4.15. The SMILES string of the molecule is Cc1nc(C(=O)NCc2cc(NS(=O)(=O)C3CC3)ccn2)cnc1N. The van der Waals surface area contributed by atoms with Gasteiger partial charge in [-0.05, 0) is 31.9 Å². The van der Waals surface area contributed by atoms with Gasteiger partial charge < -0.3 is 11.1 Å². The minimum absolute atomic E-state index is 0.128. The first kappa shape index (κ1) is 17.1. The number of rotatable bonds is 6. The summed E-state index contributed by atoms with van der Waals surface area (Å²) in [5.41, 5.74) is 7.14. The summed E-state index contributed by atoms with van der Waals surface area (Å²) < 4.78 is 26.5. The number of sulfonamides is 1. The number of carbonyl (C=O) groups is 1. The molecule has 132 valence electrons. The fourth-order valence-corrected chi connectivity index (χ4v) is 3.50. The lowest BCUT2D eigenvalue weighted by molar-refractivity contribution is 0.0945. The second-order valence-electron chi connectivity index (χ2n) is 5.79. The summed E-state index contributed by atoms with van der Waals surface area (Å²) in [7, 11) is -3.34. The maximum atomic E-state index is 12.1. The predicted octanol–water partition coefficient (Wildman–Crippen LogP) is 0.596. The van der Waals surface area contributed by atoms with Crippen LogP contribution < -0.4 is 15.8 Å². The molecule has 0 aromatic carbocycles. The van der Waals surface area contributed by atoms with Crippen LogP contribution >= 0.6 is 0 Å². The van der Waals surface area contributed by atoms with Crippen LogP contribution in [0.4, 0.5) is 11.5 Å². The van der Waals surface area contributed by atoms with Gasteiger partial charge in [0.25, 0.3) is 5.91 Å². The maximum absolute atomic E-state index is 12.1. The van der Waals surface area contributed by atoms with Crippen molar-refractivity contribution in [3.63, 3.8) is 0 Å². The van der Waals surface area contributed by atoms with Crippen LogP contribution in [0.25, 0.3) is 0 Å². The predicted molar refractivity (Wildman–Crippen MR) is 92.2 cm³/mol. The fourth-order valence-electron chi connectivity index (χ4n) is 2.13. The standard InChI is InChI=1S/C15H18N6O3S/c1-9-14(16)18-8-13(20-9)15(22)19-7-11-6-10(4-5-17-11)21-25(23,24)12-2-3-12/h4-6,8,12H,2-3,7H2,1H3,(H2,16,18)(H,17,21)(H,19,22). The largest absolute Gasteiger partial charge is 0.382 e. The summed E-state index contributed by atoms with van der Waals surface area (Å²) in [6, 6.07) is 3.15. The van der Waals surface area contributed by atoms with Crippen LogP contribution in [0.1, 0.15) is 34.7 Å². The zero-order valence-electron chi connectivity index (χ0n) is 13.6. The first-order valence-corrected chi connectivity index (χ1v) is 9.23. The van der Waals surface area contributed by atoms with Crippen molar-refractivity contribution in [2.75, 3.05) is 10.5 Å². The average molecular weight is 362 g/mol. The summed E-state index contributed by atoms with van der Waals surface area (Å²) in [5, 5.41) is 2.36. The number of aryl methyl sites for hydroxylation is 1. The topological polar surface area (TPSA) is 140 Å². The molecule has 1 aliphatic carbocycles. The first-order chi connectivity index (χ1) is 11.8. The van der Waals surface area contributed by atoms with E-state index in [1.165, 1.54) is 12.4 Å². The van der Waals surface area contributed by atoms with E-state index in [9.17, 15) is 13.2 Å². The van der Waals surface area contributed by atoms with E-state index in [-0.39, 0.29) is 23.3 Å². The highest BCUT2D eigenvalue weighted by atomic mass is 32.2. The van der Waals surface area contributed by atoms with Crippen LogP contribution in [0.15, 0.2) is 24.5 Å². The fraction of sp³-hybridized carbons (Fsp3) is 0.333. The Labute approximate surface area is 145 Å². The van der Waals surface area contributed by atoms with E-state index >= 15 is 0 Å². The van der Waals surface area contributed by atoms with Gasteiger partial charge in [-0.15, -0.1) is 0 Å². The first-order valence-electron chi connectivity index (χ1n) is 7.69. The lowest BCUT2D eigenvalue weighted by Gasteiger charge is -2.09. The number of amides is 1. The molecule has 1 aliphatic rings. The van der Waals surface area contributed by atoms with Gasteiger partial charge in [0.2, 0.25) is 10.0 Å². The molecular weight excluding hydrogens is 344 g/mol. The highest BCUT2D eigenvalue weighted by Gasteiger charge is 2.35. The summed E-state index contributed by atoms with van der Waals surface area (Å²) in [5.74, 6) is -0.143. The third-order valence-corrected chi connectivity index (χ3v) is 5.56. The molecule has 0 saturated heterocycles. The highest BCUT2D eigenvalue weighted by Crippen LogP contribution is 2.29. The van der Waals surface area contributed by atoms with Crippen molar-refractivity contribution in [2.45, 2.75) is 31.6 Å². The van der Waals surface area contributed by atoms with Gasteiger partial charge in [-0.3, -0.25) is 14.5 Å². The second-order valence-corrected chi connectivity index (χ2v) is 7.75. The molecule has 2 heterocycles. The molecule has 2 aromatic rings. The Morgan fingerprint density at radius 1 is 1.36 bits per heavy atom. The summed E-state index contributed by atoms with van der Waals surface area (Å²) in [6.45, 7) is 1.79. The van der Waals surface area contributed by atoms with Crippen molar-refractivity contribution < 1.29 is 13.2 Å². The van der Waals surface area contributed by atoms with Crippen molar-refractivity contribution >= 4 is 27.4 Å². The van der Waals surface area contributed by atoms with Crippen LogP contribution in [0.5, 0.6) is 0 Å². The molecule has 0 atom stereocenters. The maximum Gasteiger partial charge on any atom is 0.271 e. The molecular formula is C15H18N6O3S.